The molecule has 106 valence electrons. The van der Waals surface area contributed by atoms with Gasteiger partial charge >= 0.3 is 5.97 Å². The predicted octanol–water partition coefficient (Wildman–Crippen LogP) is 2.25. The number of methoxy groups -OCH3 is 1. The van der Waals surface area contributed by atoms with E-state index in [1.165, 1.54) is 32.8 Å². The molecule has 0 bridgehead atoms. The standard InChI is InChI=1S/C14H27NO3/c1-4-11-7-5-6-8-12(11)18-10-9-14(2,15)13(16)17-3/h11-12H,4-10,15H2,1-3H3. The first-order chi connectivity index (χ1) is 8.51. The van der Waals surface area contributed by atoms with Crippen molar-refractivity contribution in [3.05, 3.63) is 0 Å². The lowest BCUT2D eigenvalue weighted by atomic mass is 9.84. The van der Waals surface area contributed by atoms with Gasteiger partial charge in [0.1, 0.15) is 5.54 Å². The molecule has 4 nitrogen and oxygen atoms in total. The summed E-state index contributed by atoms with van der Waals surface area (Å²) in [5, 5.41) is 0. The Balaban J connectivity index is 2.34. The Bertz CT molecular complexity index is 266. The van der Waals surface area contributed by atoms with Gasteiger partial charge in [0.05, 0.1) is 13.2 Å². The number of carbonyl (C=O) groups excluding carboxylic acids is 1. The fraction of sp³-hybridized carbons (Fsp3) is 0.929. The van der Waals surface area contributed by atoms with Crippen LogP contribution in [-0.4, -0.2) is 31.3 Å². The van der Waals surface area contributed by atoms with Crippen LogP contribution >= 0.6 is 0 Å². The van der Waals surface area contributed by atoms with Gasteiger partial charge in [-0.05, 0) is 32.1 Å². The molecule has 2 N–H and O–H groups in total. The molecule has 0 amide bonds. The van der Waals surface area contributed by atoms with E-state index in [4.69, 9.17) is 10.5 Å². The van der Waals surface area contributed by atoms with Gasteiger partial charge in [0.25, 0.3) is 0 Å². The highest BCUT2D eigenvalue weighted by Gasteiger charge is 2.30. The monoisotopic (exact) mass is 257 g/mol. The summed E-state index contributed by atoms with van der Waals surface area (Å²) in [7, 11) is 1.36. The second-order valence-corrected chi connectivity index (χ2v) is 5.52. The van der Waals surface area contributed by atoms with E-state index in [1.807, 2.05) is 0 Å². The zero-order valence-corrected chi connectivity index (χ0v) is 11.9. The number of hydrogen-bond donors (Lipinski definition) is 1. The molecule has 0 heterocycles. The first-order valence-electron chi connectivity index (χ1n) is 7.00. The molecule has 18 heavy (non-hydrogen) atoms. The van der Waals surface area contributed by atoms with Gasteiger partial charge in [-0.1, -0.05) is 26.2 Å². The van der Waals surface area contributed by atoms with E-state index in [2.05, 4.69) is 11.7 Å². The Hall–Kier alpha value is -0.610. The zero-order valence-electron chi connectivity index (χ0n) is 11.9. The summed E-state index contributed by atoms with van der Waals surface area (Å²) >= 11 is 0. The molecule has 0 aromatic carbocycles. The summed E-state index contributed by atoms with van der Waals surface area (Å²) in [6.45, 7) is 4.44. The SMILES string of the molecule is CCC1CCCCC1OCCC(C)(N)C(=O)OC. The number of hydrogen-bond acceptors (Lipinski definition) is 4. The van der Waals surface area contributed by atoms with Crippen molar-refractivity contribution in [3.63, 3.8) is 0 Å². The number of esters is 1. The first-order valence-corrected chi connectivity index (χ1v) is 7.00. The smallest absolute Gasteiger partial charge is 0.325 e. The van der Waals surface area contributed by atoms with E-state index >= 15 is 0 Å². The molecule has 0 aromatic rings. The van der Waals surface area contributed by atoms with Crippen molar-refractivity contribution in [2.45, 2.75) is 64.0 Å². The van der Waals surface area contributed by atoms with E-state index in [1.54, 1.807) is 6.92 Å². The number of carbonyl (C=O) groups is 1. The van der Waals surface area contributed by atoms with Crippen molar-refractivity contribution in [3.8, 4) is 0 Å². The predicted molar refractivity (Wildman–Crippen MR) is 71.2 cm³/mol. The largest absolute Gasteiger partial charge is 0.468 e. The van der Waals surface area contributed by atoms with Crippen LogP contribution in [0.4, 0.5) is 0 Å². The maximum atomic E-state index is 11.4. The van der Waals surface area contributed by atoms with Crippen molar-refractivity contribution in [2.24, 2.45) is 11.7 Å². The molecule has 0 spiro atoms. The van der Waals surface area contributed by atoms with Gasteiger partial charge in [0.2, 0.25) is 0 Å². The molecule has 1 rings (SSSR count). The summed E-state index contributed by atoms with van der Waals surface area (Å²) in [5.74, 6) is 0.294. The summed E-state index contributed by atoms with van der Waals surface area (Å²) in [4.78, 5) is 11.4. The van der Waals surface area contributed by atoms with Gasteiger partial charge in [-0.3, -0.25) is 4.79 Å². The van der Waals surface area contributed by atoms with Crippen LogP contribution in [0, 0.1) is 5.92 Å². The van der Waals surface area contributed by atoms with Gasteiger partial charge in [-0.2, -0.15) is 0 Å². The number of nitrogens with two attached hydrogens (primary N) is 1. The van der Waals surface area contributed by atoms with Gasteiger partial charge < -0.3 is 15.2 Å². The van der Waals surface area contributed by atoms with Crippen molar-refractivity contribution in [2.75, 3.05) is 13.7 Å². The molecular weight excluding hydrogens is 230 g/mol. The molecule has 1 aliphatic carbocycles. The van der Waals surface area contributed by atoms with E-state index in [0.717, 1.165) is 6.42 Å². The van der Waals surface area contributed by atoms with Crippen molar-refractivity contribution in [1.82, 2.24) is 0 Å². The van der Waals surface area contributed by atoms with Gasteiger partial charge in [-0.15, -0.1) is 0 Å². The molecule has 1 aliphatic rings. The highest BCUT2D eigenvalue weighted by Crippen LogP contribution is 2.29. The van der Waals surface area contributed by atoms with Crippen molar-refractivity contribution < 1.29 is 14.3 Å². The molecule has 0 radical (unpaired) electrons. The molecule has 1 saturated carbocycles. The average Bonchev–Trinajstić information content (AvgIpc) is 2.38. The van der Waals surface area contributed by atoms with E-state index in [9.17, 15) is 4.79 Å². The molecule has 0 aliphatic heterocycles. The van der Waals surface area contributed by atoms with Crippen LogP contribution in [0.1, 0.15) is 52.4 Å². The second kappa shape index (κ2) is 7.10. The average molecular weight is 257 g/mol. The molecule has 3 atom stereocenters. The molecule has 1 fully saturated rings. The van der Waals surface area contributed by atoms with Crippen molar-refractivity contribution >= 4 is 5.97 Å². The van der Waals surface area contributed by atoms with E-state index in [-0.39, 0.29) is 5.97 Å². The van der Waals surface area contributed by atoms with Crippen LogP contribution in [-0.2, 0) is 14.3 Å². The summed E-state index contributed by atoms with van der Waals surface area (Å²) < 4.78 is 10.6. The third-order valence-corrected chi connectivity index (χ3v) is 3.97. The quantitative estimate of drug-likeness (QED) is 0.741. The normalized spacial score (nSPS) is 27.6. The molecule has 3 unspecified atom stereocenters. The fourth-order valence-electron chi connectivity index (χ4n) is 2.62. The fourth-order valence-corrected chi connectivity index (χ4v) is 2.62. The lowest BCUT2D eigenvalue weighted by Gasteiger charge is -2.31. The molecule has 0 aromatic heterocycles. The number of ether oxygens (including phenoxy) is 2. The third-order valence-electron chi connectivity index (χ3n) is 3.97. The molecular formula is C14H27NO3. The van der Waals surface area contributed by atoms with Crippen LogP contribution in [0.3, 0.4) is 0 Å². The van der Waals surface area contributed by atoms with Gasteiger partial charge in [-0.25, -0.2) is 0 Å². The Morgan fingerprint density at radius 2 is 2.06 bits per heavy atom. The highest BCUT2D eigenvalue weighted by molar-refractivity contribution is 5.79. The Kier molecular flexibility index (Phi) is 6.09. The van der Waals surface area contributed by atoms with Gasteiger partial charge in [0.15, 0.2) is 0 Å². The van der Waals surface area contributed by atoms with E-state index < -0.39 is 5.54 Å². The summed E-state index contributed by atoms with van der Waals surface area (Å²) in [6.07, 6.45) is 6.98. The van der Waals surface area contributed by atoms with Crippen LogP contribution in [0.5, 0.6) is 0 Å². The Morgan fingerprint density at radius 1 is 1.39 bits per heavy atom. The maximum Gasteiger partial charge on any atom is 0.325 e. The van der Waals surface area contributed by atoms with Crippen molar-refractivity contribution in [1.29, 1.82) is 0 Å². The first kappa shape index (κ1) is 15.4. The van der Waals surface area contributed by atoms with E-state index in [0.29, 0.717) is 25.0 Å². The third kappa shape index (κ3) is 4.25. The minimum Gasteiger partial charge on any atom is -0.468 e. The highest BCUT2D eigenvalue weighted by atomic mass is 16.5. The number of rotatable bonds is 6. The topological polar surface area (TPSA) is 61.5 Å². The van der Waals surface area contributed by atoms with Crippen LogP contribution < -0.4 is 5.73 Å². The summed E-state index contributed by atoms with van der Waals surface area (Å²) in [6, 6.07) is 0. The summed E-state index contributed by atoms with van der Waals surface area (Å²) in [5.41, 5.74) is 4.96. The molecule has 0 saturated heterocycles. The minimum atomic E-state index is -0.939. The Morgan fingerprint density at radius 3 is 2.67 bits per heavy atom. The Labute approximate surface area is 110 Å². The van der Waals surface area contributed by atoms with Crippen LogP contribution in [0.15, 0.2) is 0 Å². The lowest BCUT2D eigenvalue weighted by molar-refractivity contribution is -0.147. The lowest BCUT2D eigenvalue weighted by Crippen LogP contribution is -2.47. The van der Waals surface area contributed by atoms with Crippen LogP contribution in [0.25, 0.3) is 0 Å². The maximum absolute atomic E-state index is 11.4. The van der Waals surface area contributed by atoms with Gasteiger partial charge in [0, 0.05) is 6.61 Å². The minimum absolute atomic E-state index is 0.345. The van der Waals surface area contributed by atoms with Crippen LogP contribution in [0.2, 0.25) is 0 Å². The second-order valence-electron chi connectivity index (χ2n) is 5.52. The zero-order chi connectivity index (χ0) is 13.6. The molecule has 4 heteroatoms.